The third-order valence-corrected chi connectivity index (χ3v) is 4.22. The normalized spacial score (nSPS) is 17.5. The lowest BCUT2D eigenvalue weighted by molar-refractivity contribution is -0.144. The Kier molecular flexibility index (Phi) is 5.39. The summed E-state index contributed by atoms with van der Waals surface area (Å²) in [4.78, 5) is 12.0. The molecular weight excluding hydrogens is 316 g/mol. The molecule has 0 saturated heterocycles. The van der Waals surface area contributed by atoms with Crippen molar-refractivity contribution in [3.05, 3.63) is 59.7 Å². The van der Waals surface area contributed by atoms with Crippen LogP contribution in [0.1, 0.15) is 24.5 Å². The Morgan fingerprint density at radius 2 is 2.04 bits per heavy atom. The van der Waals surface area contributed by atoms with Crippen LogP contribution in [0.15, 0.2) is 48.5 Å². The quantitative estimate of drug-likeness (QED) is 0.767. The van der Waals surface area contributed by atoms with Gasteiger partial charge < -0.3 is 14.2 Å². The van der Waals surface area contributed by atoms with Crippen molar-refractivity contribution < 1.29 is 19.0 Å². The highest BCUT2D eigenvalue weighted by Gasteiger charge is 2.28. The van der Waals surface area contributed by atoms with Crippen LogP contribution in [0.25, 0.3) is 11.6 Å². The number of benzene rings is 2. The van der Waals surface area contributed by atoms with E-state index in [1.165, 1.54) is 0 Å². The van der Waals surface area contributed by atoms with Gasteiger partial charge in [-0.15, -0.1) is 0 Å². The fraction of sp³-hybridized carbons (Fsp3) is 0.286. The summed E-state index contributed by atoms with van der Waals surface area (Å²) in [6.45, 7) is 2.65. The monoisotopic (exact) mass is 338 g/mol. The van der Waals surface area contributed by atoms with E-state index in [9.17, 15) is 4.79 Å². The lowest BCUT2D eigenvalue weighted by Crippen LogP contribution is -2.23. The molecule has 1 unspecified atom stereocenters. The average molecular weight is 338 g/mol. The van der Waals surface area contributed by atoms with E-state index in [-0.39, 0.29) is 11.9 Å². The fourth-order valence-corrected chi connectivity index (χ4v) is 3.00. The summed E-state index contributed by atoms with van der Waals surface area (Å²) < 4.78 is 16.4. The van der Waals surface area contributed by atoms with Crippen molar-refractivity contribution in [2.45, 2.75) is 13.3 Å². The third kappa shape index (κ3) is 4.02. The summed E-state index contributed by atoms with van der Waals surface area (Å²) >= 11 is 0. The zero-order valence-electron chi connectivity index (χ0n) is 14.5. The van der Waals surface area contributed by atoms with E-state index in [4.69, 9.17) is 14.2 Å². The molecule has 2 aromatic rings. The number of esters is 1. The first-order chi connectivity index (χ1) is 12.2. The summed E-state index contributed by atoms with van der Waals surface area (Å²) in [6, 6.07) is 15.8. The van der Waals surface area contributed by atoms with E-state index >= 15 is 0 Å². The van der Waals surface area contributed by atoms with Crippen molar-refractivity contribution in [1.82, 2.24) is 0 Å². The van der Waals surface area contributed by atoms with Crippen molar-refractivity contribution in [3.63, 3.8) is 0 Å². The van der Waals surface area contributed by atoms with Crippen molar-refractivity contribution in [3.8, 4) is 11.5 Å². The van der Waals surface area contributed by atoms with Crippen molar-refractivity contribution in [1.29, 1.82) is 0 Å². The molecule has 0 aliphatic carbocycles. The average Bonchev–Trinajstić information content (AvgIpc) is 2.64. The van der Waals surface area contributed by atoms with Gasteiger partial charge in [-0.2, -0.15) is 0 Å². The molecule has 4 nitrogen and oxygen atoms in total. The van der Waals surface area contributed by atoms with E-state index in [1.54, 1.807) is 7.11 Å². The molecular formula is C21H22O4. The second kappa shape index (κ2) is 7.88. The molecule has 0 N–H and O–H groups in total. The van der Waals surface area contributed by atoms with E-state index in [0.717, 1.165) is 28.2 Å². The van der Waals surface area contributed by atoms with Gasteiger partial charge in [0.15, 0.2) is 0 Å². The highest BCUT2D eigenvalue weighted by molar-refractivity contribution is 5.88. The number of hydrogen-bond donors (Lipinski definition) is 0. The maximum atomic E-state index is 12.0. The highest BCUT2D eigenvalue weighted by Crippen LogP contribution is 2.41. The van der Waals surface area contributed by atoms with Gasteiger partial charge in [-0.3, -0.25) is 4.79 Å². The standard InChI is InChI=1S/C21H22O4/c1-3-24-21(22)12-16-14-25-20-10-9-17(23-2)13-19(20)18(16)11-15-7-5-4-6-8-15/h4-11,13,16H,3,12,14H2,1-2H3. The lowest BCUT2D eigenvalue weighted by atomic mass is 9.86. The minimum Gasteiger partial charge on any atom is -0.497 e. The first kappa shape index (κ1) is 17.1. The van der Waals surface area contributed by atoms with Crippen molar-refractivity contribution in [2.24, 2.45) is 5.92 Å². The number of hydrogen-bond acceptors (Lipinski definition) is 4. The molecule has 0 spiro atoms. The molecule has 0 saturated carbocycles. The Labute approximate surface area is 148 Å². The van der Waals surface area contributed by atoms with Crippen LogP contribution in [-0.4, -0.2) is 26.3 Å². The van der Waals surface area contributed by atoms with Gasteiger partial charge in [0, 0.05) is 11.5 Å². The first-order valence-corrected chi connectivity index (χ1v) is 8.44. The number of methoxy groups -OCH3 is 1. The molecule has 0 aromatic heterocycles. The SMILES string of the molecule is CCOC(=O)CC1COc2ccc(OC)cc2C1=Cc1ccccc1. The highest BCUT2D eigenvalue weighted by atomic mass is 16.5. The van der Waals surface area contributed by atoms with Gasteiger partial charge in [0.2, 0.25) is 0 Å². The summed E-state index contributed by atoms with van der Waals surface area (Å²) in [5.74, 6) is 1.31. The Morgan fingerprint density at radius 1 is 1.24 bits per heavy atom. The number of carbonyl (C=O) groups is 1. The van der Waals surface area contributed by atoms with E-state index < -0.39 is 0 Å². The summed E-state index contributed by atoms with van der Waals surface area (Å²) in [5, 5.41) is 0. The van der Waals surface area contributed by atoms with Crippen LogP contribution in [0.5, 0.6) is 11.5 Å². The molecule has 1 atom stereocenters. The maximum absolute atomic E-state index is 12.0. The second-order valence-electron chi connectivity index (χ2n) is 5.89. The van der Waals surface area contributed by atoms with Crippen LogP contribution in [0.4, 0.5) is 0 Å². The van der Waals surface area contributed by atoms with E-state index in [2.05, 4.69) is 6.08 Å². The van der Waals surface area contributed by atoms with Crippen LogP contribution in [0.3, 0.4) is 0 Å². The van der Waals surface area contributed by atoms with E-state index in [1.807, 2.05) is 55.5 Å². The Balaban J connectivity index is 2.01. The molecule has 130 valence electrons. The van der Waals surface area contributed by atoms with Crippen LogP contribution in [0, 0.1) is 5.92 Å². The lowest BCUT2D eigenvalue weighted by Gasteiger charge is -2.28. The van der Waals surface area contributed by atoms with Gasteiger partial charge in [0.1, 0.15) is 11.5 Å². The predicted octanol–water partition coefficient (Wildman–Crippen LogP) is 4.20. The predicted molar refractivity (Wildman–Crippen MR) is 97.5 cm³/mol. The van der Waals surface area contributed by atoms with Gasteiger partial charge >= 0.3 is 5.97 Å². The van der Waals surface area contributed by atoms with Gasteiger partial charge in [0.05, 0.1) is 26.7 Å². The van der Waals surface area contributed by atoms with Gasteiger partial charge in [-0.05, 0) is 36.3 Å². The Morgan fingerprint density at radius 3 is 2.76 bits per heavy atom. The van der Waals surface area contributed by atoms with Crippen LogP contribution in [0.2, 0.25) is 0 Å². The topological polar surface area (TPSA) is 44.8 Å². The van der Waals surface area contributed by atoms with Gasteiger partial charge in [-0.25, -0.2) is 0 Å². The molecule has 0 radical (unpaired) electrons. The van der Waals surface area contributed by atoms with Crippen LogP contribution in [-0.2, 0) is 9.53 Å². The minimum absolute atomic E-state index is 0.0566. The Bertz CT molecular complexity index is 765. The molecule has 25 heavy (non-hydrogen) atoms. The summed E-state index contributed by atoms with van der Waals surface area (Å²) in [6.07, 6.45) is 2.41. The third-order valence-electron chi connectivity index (χ3n) is 4.22. The Hall–Kier alpha value is -2.75. The fourth-order valence-electron chi connectivity index (χ4n) is 3.00. The molecule has 1 aliphatic heterocycles. The summed E-state index contributed by atoms with van der Waals surface area (Å²) in [7, 11) is 1.64. The van der Waals surface area contributed by atoms with Crippen LogP contribution < -0.4 is 9.47 Å². The molecule has 0 bridgehead atoms. The number of rotatable bonds is 5. The van der Waals surface area contributed by atoms with Gasteiger partial charge in [0.25, 0.3) is 0 Å². The molecule has 1 aliphatic rings. The molecule has 4 heteroatoms. The van der Waals surface area contributed by atoms with Gasteiger partial charge in [-0.1, -0.05) is 36.4 Å². The molecule has 1 heterocycles. The zero-order chi connectivity index (χ0) is 17.6. The molecule has 0 fully saturated rings. The number of carbonyl (C=O) groups excluding carboxylic acids is 1. The minimum atomic E-state index is -0.207. The zero-order valence-corrected chi connectivity index (χ0v) is 14.5. The second-order valence-corrected chi connectivity index (χ2v) is 5.89. The first-order valence-electron chi connectivity index (χ1n) is 8.44. The maximum Gasteiger partial charge on any atom is 0.306 e. The van der Waals surface area contributed by atoms with Crippen molar-refractivity contribution in [2.75, 3.05) is 20.3 Å². The van der Waals surface area contributed by atoms with Crippen LogP contribution >= 0.6 is 0 Å². The largest absolute Gasteiger partial charge is 0.497 e. The summed E-state index contributed by atoms with van der Waals surface area (Å²) in [5.41, 5.74) is 3.12. The van der Waals surface area contributed by atoms with Crippen molar-refractivity contribution >= 4 is 17.6 Å². The molecule has 2 aromatic carbocycles. The smallest absolute Gasteiger partial charge is 0.306 e. The van der Waals surface area contributed by atoms with E-state index in [0.29, 0.717) is 19.6 Å². The molecule has 0 amide bonds. The number of fused-ring (bicyclic) bond motifs is 1. The molecule has 3 rings (SSSR count). The number of ether oxygens (including phenoxy) is 3.